The second kappa shape index (κ2) is 6.38. The van der Waals surface area contributed by atoms with Crippen molar-refractivity contribution in [3.63, 3.8) is 0 Å². The minimum atomic E-state index is 0.0676. The summed E-state index contributed by atoms with van der Waals surface area (Å²) in [7, 11) is 3.81. The third kappa shape index (κ3) is 2.73. The zero-order valence-electron chi connectivity index (χ0n) is 14.9. The van der Waals surface area contributed by atoms with Crippen molar-refractivity contribution in [1.82, 2.24) is 4.90 Å². The Morgan fingerprint density at radius 1 is 0.913 bits per heavy atom. The lowest BCUT2D eigenvalue weighted by Gasteiger charge is -2.48. The van der Waals surface area contributed by atoms with E-state index in [1.807, 2.05) is 0 Å². The predicted octanol–water partition coefficient (Wildman–Crippen LogP) is 3.86. The van der Waals surface area contributed by atoms with Gasteiger partial charge in [-0.2, -0.15) is 0 Å². The van der Waals surface area contributed by atoms with E-state index in [0.29, 0.717) is 12.0 Å². The number of nitrogens with zero attached hydrogens (tertiary/aromatic N) is 1. The third-order valence-electron chi connectivity index (χ3n) is 7.97. The minimum absolute atomic E-state index is 0.0676. The van der Waals surface area contributed by atoms with Crippen LogP contribution < -0.4 is 0 Å². The Labute approximate surface area is 141 Å². The molecule has 0 aromatic rings. The highest BCUT2D eigenvalue weighted by Gasteiger charge is 2.52. The molecule has 23 heavy (non-hydrogen) atoms. The van der Waals surface area contributed by atoms with Crippen molar-refractivity contribution in [2.24, 2.45) is 29.6 Å². The van der Waals surface area contributed by atoms with Gasteiger partial charge in [0, 0.05) is 12.1 Å². The number of hydrogen-bond donors (Lipinski definition) is 0. The summed E-state index contributed by atoms with van der Waals surface area (Å²) in [6.07, 6.45) is 13.7. The van der Waals surface area contributed by atoms with E-state index in [1.165, 1.54) is 64.2 Å². The first-order valence-corrected chi connectivity index (χ1v) is 9.98. The molecular weight excluding hydrogens is 286 g/mol. The van der Waals surface area contributed by atoms with Gasteiger partial charge in [0.15, 0.2) is 0 Å². The van der Waals surface area contributed by atoms with Crippen LogP contribution in [0.2, 0.25) is 0 Å². The lowest BCUT2D eigenvalue weighted by Crippen LogP contribution is -2.52. The molecule has 4 aliphatic rings. The Morgan fingerprint density at radius 3 is 2.43 bits per heavy atom. The highest BCUT2D eigenvalue weighted by Crippen LogP contribution is 2.51. The SMILES string of the molecule is COC(=O)C1C2CC[C@H](C[C@@H]1C1CCC3CCCCC3C1)N2C. The van der Waals surface area contributed by atoms with Crippen LogP contribution in [0.3, 0.4) is 0 Å². The third-order valence-corrected chi connectivity index (χ3v) is 7.97. The van der Waals surface area contributed by atoms with E-state index in [0.717, 1.165) is 23.8 Å². The molecule has 0 radical (unpaired) electrons. The molecular formula is C20H33NO2. The molecule has 0 amide bonds. The molecule has 4 fully saturated rings. The van der Waals surface area contributed by atoms with Gasteiger partial charge in [-0.1, -0.05) is 25.7 Å². The van der Waals surface area contributed by atoms with Gasteiger partial charge in [-0.25, -0.2) is 0 Å². The van der Waals surface area contributed by atoms with E-state index >= 15 is 0 Å². The Morgan fingerprint density at radius 2 is 1.65 bits per heavy atom. The van der Waals surface area contributed by atoms with Crippen LogP contribution in [0.1, 0.15) is 64.2 Å². The highest BCUT2D eigenvalue weighted by atomic mass is 16.5. The van der Waals surface area contributed by atoms with E-state index in [2.05, 4.69) is 11.9 Å². The fourth-order valence-corrected chi connectivity index (χ4v) is 6.76. The molecule has 4 rings (SSSR count). The second-order valence-corrected chi connectivity index (χ2v) is 8.79. The zero-order chi connectivity index (χ0) is 16.0. The van der Waals surface area contributed by atoms with E-state index in [-0.39, 0.29) is 11.9 Å². The zero-order valence-corrected chi connectivity index (χ0v) is 14.9. The maximum absolute atomic E-state index is 12.6. The number of ether oxygens (including phenoxy) is 1. The van der Waals surface area contributed by atoms with Gasteiger partial charge in [0.25, 0.3) is 0 Å². The number of hydrogen-bond acceptors (Lipinski definition) is 3. The lowest BCUT2D eigenvalue weighted by molar-refractivity contribution is -0.154. The van der Waals surface area contributed by atoms with E-state index in [9.17, 15) is 4.79 Å². The van der Waals surface area contributed by atoms with Gasteiger partial charge >= 0.3 is 5.97 Å². The second-order valence-electron chi connectivity index (χ2n) is 8.79. The summed E-state index contributed by atoms with van der Waals surface area (Å²) in [5.74, 6) is 3.51. The summed E-state index contributed by atoms with van der Waals surface area (Å²) < 4.78 is 5.25. The number of carbonyl (C=O) groups excluding carboxylic acids is 1. The number of fused-ring (bicyclic) bond motifs is 3. The minimum Gasteiger partial charge on any atom is -0.469 e. The number of carbonyl (C=O) groups is 1. The van der Waals surface area contributed by atoms with Crippen LogP contribution in [-0.2, 0) is 9.53 Å². The topological polar surface area (TPSA) is 29.5 Å². The monoisotopic (exact) mass is 319 g/mol. The normalized spacial score (nSPS) is 47.1. The molecule has 3 nitrogen and oxygen atoms in total. The van der Waals surface area contributed by atoms with Crippen LogP contribution in [0.15, 0.2) is 0 Å². The molecule has 2 saturated carbocycles. The van der Waals surface area contributed by atoms with Crippen LogP contribution in [0.25, 0.3) is 0 Å². The van der Waals surface area contributed by atoms with Crippen LogP contribution in [-0.4, -0.2) is 37.1 Å². The summed E-state index contributed by atoms with van der Waals surface area (Å²) >= 11 is 0. The lowest BCUT2D eigenvalue weighted by atomic mass is 9.61. The molecule has 0 aromatic carbocycles. The first-order chi connectivity index (χ1) is 11.2. The molecule has 7 atom stereocenters. The Kier molecular flexibility index (Phi) is 4.42. The smallest absolute Gasteiger partial charge is 0.310 e. The van der Waals surface area contributed by atoms with Crippen molar-refractivity contribution in [3.05, 3.63) is 0 Å². The standard InChI is InChI=1S/C20H33NO2/c1-21-16-9-10-18(21)19(20(22)23-2)17(12-16)15-8-7-13-5-3-4-6-14(13)11-15/h13-19H,3-12H2,1-2H3/t13?,14?,15?,16-,17-,18?,19?/m1/s1. The molecule has 130 valence electrons. The van der Waals surface area contributed by atoms with Crippen molar-refractivity contribution in [3.8, 4) is 0 Å². The number of methoxy groups -OCH3 is 1. The van der Waals surface area contributed by atoms with Crippen molar-refractivity contribution >= 4 is 5.97 Å². The molecule has 2 aliphatic carbocycles. The molecule has 2 heterocycles. The first-order valence-electron chi connectivity index (χ1n) is 9.98. The molecule has 0 spiro atoms. The molecule has 2 aliphatic heterocycles. The maximum Gasteiger partial charge on any atom is 0.310 e. The fourth-order valence-electron chi connectivity index (χ4n) is 6.76. The molecule has 5 unspecified atom stereocenters. The van der Waals surface area contributed by atoms with Crippen LogP contribution in [0.4, 0.5) is 0 Å². The number of piperidine rings is 1. The van der Waals surface area contributed by atoms with Gasteiger partial charge in [0.1, 0.15) is 0 Å². The largest absolute Gasteiger partial charge is 0.469 e. The molecule has 2 bridgehead atoms. The summed E-state index contributed by atoms with van der Waals surface area (Å²) in [6, 6.07) is 1.16. The summed E-state index contributed by atoms with van der Waals surface area (Å²) in [5.41, 5.74) is 0. The summed E-state index contributed by atoms with van der Waals surface area (Å²) in [6.45, 7) is 0. The van der Waals surface area contributed by atoms with Gasteiger partial charge in [-0.3, -0.25) is 9.69 Å². The summed E-state index contributed by atoms with van der Waals surface area (Å²) in [4.78, 5) is 15.1. The predicted molar refractivity (Wildman–Crippen MR) is 91.0 cm³/mol. The molecule has 3 heteroatoms. The molecule has 0 aromatic heterocycles. The van der Waals surface area contributed by atoms with E-state index < -0.39 is 0 Å². The maximum atomic E-state index is 12.6. The molecule has 0 N–H and O–H groups in total. The van der Waals surface area contributed by atoms with Crippen molar-refractivity contribution in [2.45, 2.75) is 76.3 Å². The summed E-state index contributed by atoms with van der Waals surface area (Å²) in [5, 5.41) is 0. The number of esters is 1. The van der Waals surface area contributed by atoms with Crippen molar-refractivity contribution in [1.29, 1.82) is 0 Å². The van der Waals surface area contributed by atoms with Crippen molar-refractivity contribution < 1.29 is 9.53 Å². The van der Waals surface area contributed by atoms with Gasteiger partial charge in [0.05, 0.1) is 13.0 Å². The van der Waals surface area contributed by atoms with Crippen LogP contribution in [0.5, 0.6) is 0 Å². The van der Waals surface area contributed by atoms with Gasteiger partial charge in [0.2, 0.25) is 0 Å². The van der Waals surface area contributed by atoms with Gasteiger partial charge < -0.3 is 4.74 Å². The Bertz CT molecular complexity index is 451. The van der Waals surface area contributed by atoms with Gasteiger partial charge in [-0.05, 0) is 69.2 Å². The number of rotatable bonds is 2. The van der Waals surface area contributed by atoms with Crippen LogP contribution in [0, 0.1) is 29.6 Å². The van der Waals surface area contributed by atoms with Crippen molar-refractivity contribution in [2.75, 3.05) is 14.2 Å². The highest BCUT2D eigenvalue weighted by molar-refractivity contribution is 5.74. The Balaban J connectivity index is 1.53. The van der Waals surface area contributed by atoms with Crippen LogP contribution >= 0.6 is 0 Å². The van der Waals surface area contributed by atoms with Gasteiger partial charge in [-0.15, -0.1) is 0 Å². The average Bonchev–Trinajstić information content (AvgIpc) is 2.83. The molecule has 2 saturated heterocycles. The van der Waals surface area contributed by atoms with E-state index in [4.69, 9.17) is 4.74 Å². The van der Waals surface area contributed by atoms with E-state index in [1.54, 1.807) is 7.11 Å². The fraction of sp³-hybridized carbons (Fsp3) is 0.950. The quantitative estimate of drug-likeness (QED) is 0.724. The Hall–Kier alpha value is -0.570. The first kappa shape index (κ1) is 15.9. The average molecular weight is 319 g/mol.